The molecule has 0 aliphatic rings. The molecule has 0 aromatic heterocycles. The van der Waals surface area contributed by atoms with Crippen LogP contribution in [0.2, 0.25) is 0 Å². The maximum atomic E-state index is 12.6. The number of carbonyl (C=O) groups is 2. The second-order valence-electron chi connectivity index (χ2n) is 5.56. The summed E-state index contributed by atoms with van der Waals surface area (Å²) >= 11 is 0. The maximum Gasteiger partial charge on any atom is 0.254 e. The molecule has 128 valence electrons. The van der Waals surface area contributed by atoms with Gasteiger partial charge in [-0.1, -0.05) is 13.3 Å². The predicted molar refractivity (Wildman–Crippen MR) is 88.8 cm³/mol. The number of amides is 2. The Balaban J connectivity index is 2.98. The fourth-order valence-corrected chi connectivity index (χ4v) is 2.07. The average molecular weight is 322 g/mol. The molecule has 1 rings (SSSR count). The number of unbranched alkanes of at least 4 members (excludes halogenated alkanes) is 1. The molecule has 2 amide bonds. The molecule has 0 fully saturated rings. The van der Waals surface area contributed by atoms with Gasteiger partial charge in [-0.2, -0.15) is 0 Å². The van der Waals surface area contributed by atoms with Gasteiger partial charge in [0.25, 0.3) is 5.91 Å². The molecule has 0 bridgehead atoms. The van der Waals surface area contributed by atoms with E-state index in [9.17, 15) is 9.59 Å². The Morgan fingerprint density at radius 3 is 2.48 bits per heavy atom. The smallest absolute Gasteiger partial charge is 0.254 e. The first-order valence-corrected chi connectivity index (χ1v) is 7.80. The quantitative estimate of drug-likeness (QED) is 0.707. The van der Waals surface area contributed by atoms with Crippen LogP contribution in [0.25, 0.3) is 0 Å². The van der Waals surface area contributed by atoms with Crippen molar-refractivity contribution in [3.05, 3.63) is 23.8 Å². The van der Waals surface area contributed by atoms with Crippen LogP contribution in [-0.2, 0) is 4.79 Å². The number of hydrogen-bond acceptors (Lipinski definition) is 4. The number of carbonyl (C=O) groups excluding carboxylic acids is 2. The normalized spacial score (nSPS) is 10.5. The largest absolute Gasteiger partial charge is 0.493 e. The molecule has 0 unspecified atom stereocenters. The summed E-state index contributed by atoms with van der Waals surface area (Å²) in [6.45, 7) is 6.23. The lowest BCUT2D eigenvalue weighted by molar-refractivity contribution is -0.119. The van der Waals surface area contributed by atoms with Crippen LogP contribution >= 0.6 is 0 Å². The molecule has 6 nitrogen and oxygen atoms in total. The highest BCUT2D eigenvalue weighted by atomic mass is 16.5. The van der Waals surface area contributed by atoms with E-state index >= 15 is 0 Å². The number of primary amides is 1. The van der Waals surface area contributed by atoms with Crippen LogP contribution in [0.5, 0.6) is 11.5 Å². The number of methoxy groups -OCH3 is 1. The Hall–Kier alpha value is -2.24. The number of ether oxygens (including phenoxy) is 2. The molecule has 6 heteroatoms. The van der Waals surface area contributed by atoms with Gasteiger partial charge in [0.1, 0.15) is 0 Å². The highest BCUT2D eigenvalue weighted by molar-refractivity contribution is 5.97. The topological polar surface area (TPSA) is 81.9 Å². The standard InChI is InChI=1S/C17H26N2O4/c1-5-6-9-23-14-8-7-13(10-15(14)22-4)17(21)19(12(2)3)11-16(18)20/h7-8,10,12H,5-6,9,11H2,1-4H3,(H2,18,20). The molecule has 1 aromatic rings. The molecule has 0 heterocycles. The zero-order valence-electron chi connectivity index (χ0n) is 14.3. The Bertz CT molecular complexity index is 543. The first-order valence-electron chi connectivity index (χ1n) is 7.80. The zero-order chi connectivity index (χ0) is 17.4. The zero-order valence-corrected chi connectivity index (χ0v) is 14.3. The van der Waals surface area contributed by atoms with Gasteiger partial charge in [-0.3, -0.25) is 9.59 Å². The minimum atomic E-state index is -0.543. The van der Waals surface area contributed by atoms with E-state index in [1.807, 2.05) is 13.8 Å². The fourth-order valence-electron chi connectivity index (χ4n) is 2.07. The van der Waals surface area contributed by atoms with E-state index in [1.165, 1.54) is 12.0 Å². The van der Waals surface area contributed by atoms with E-state index < -0.39 is 5.91 Å². The second-order valence-corrected chi connectivity index (χ2v) is 5.56. The van der Waals surface area contributed by atoms with Crippen molar-refractivity contribution in [2.45, 2.75) is 39.7 Å². The molecular formula is C17H26N2O4. The van der Waals surface area contributed by atoms with Gasteiger partial charge in [0, 0.05) is 11.6 Å². The van der Waals surface area contributed by atoms with Crippen molar-refractivity contribution in [2.24, 2.45) is 5.73 Å². The van der Waals surface area contributed by atoms with Gasteiger partial charge in [0.15, 0.2) is 11.5 Å². The minimum Gasteiger partial charge on any atom is -0.493 e. The molecule has 0 saturated heterocycles. The van der Waals surface area contributed by atoms with Gasteiger partial charge < -0.3 is 20.1 Å². The number of nitrogens with two attached hydrogens (primary N) is 1. The van der Waals surface area contributed by atoms with E-state index in [-0.39, 0.29) is 18.5 Å². The molecule has 0 atom stereocenters. The highest BCUT2D eigenvalue weighted by Crippen LogP contribution is 2.29. The van der Waals surface area contributed by atoms with Gasteiger partial charge in [-0.15, -0.1) is 0 Å². The minimum absolute atomic E-state index is 0.117. The Labute approximate surface area is 137 Å². The lowest BCUT2D eigenvalue weighted by Gasteiger charge is -2.25. The molecule has 1 aromatic carbocycles. The van der Waals surface area contributed by atoms with Crippen molar-refractivity contribution in [3.8, 4) is 11.5 Å². The van der Waals surface area contributed by atoms with Crippen LogP contribution in [0.3, 0.4) is 0 Å². The molecule has 0 saturated carbocycles. The summed E-state index contributed by atoms with van der Waals surface area (Å²) in [6, 6.07) is 4.87. The SMILES string of the molecule is CCCCOc1ccc(C(=O)N(CC(N)=O)C(C)C)cc1OC. The Morgan fingerprint density at radius 1 is 1.26 bits per heavy atom. The average Bonchev–Trinajstić information content (AvgIpc) is 2.52. The lowest BCUT2D eigenvalue weighted by atomic mass is 10.1. The lowest BCUT2D eigenvalue weighted by Crippen LogP contribution is -2.42. The summed E-state index contributed by atoms with van der Waals surface area (Å²) in [5.41, 5.74) is 5.65. The fraction of sp³-hybridized carbons (Fsp3) is 0.529. The number of rotatable bonds is 9. The van der Waals surface area contributed by atoms with Crippen LogP contribution in [-0.4, -0.2) is 43.0 Å². The van der Waals surface area contributed by atoms with Crippen LogP contribution < -0.4 is 15.2 Å². The monoisotopic (exact) mass is 322 g/mol. The molecular weight excluding hydrogens is 296 g/mol. The Morgan fingerprint density at radius 2 is 1.96 bits per heavy atom. The van der Waals surface area contributed by atoms with Crippen molar-refractivity contribution < 1.29 is 19.1 Å². The first kappa shape index (κ1) is 18.8. The molecule has 0 radical (unpaired) electrons. The van der Waals surface area contributed by atoms with Gasteiger partial charge in [-0.25, -0.2) is 0 Å². The van der Waals surface area contributed by atoms with Crippen molar-refractivity contribution in [3.63, 3.8) is 0 Å². The third kappa shape index (κ3) is 5.47. The second kappa shape index (κ2) is 9.02. The first-order chi connectivity index (χ1) is 10.9. The maximum absolute atomic E-state index is 12.6. The molecule has 2 N–H and O–H groups in total. The van der Waals surface area contributed by atoms with E-state index in [2.05, 4.69) is 6.92 Å². The summed E-state index contributed by atoms with van der Waals surface area (Å²) in [5.74, 6) is 0.286. The predicted octanol–water partition coefficient (Wildman–Crippen LogP) is 2.21. The third-order valence-corrected chi connectivity index (χ3v) is 3.38. The van der Waals surface area contributed by atoms with Gasteiger partial charge in [0.2, 0.25) is 5.91 Å². The van der Waals surface area contributed by atoms with Crippen LogP contribution in [0.1, 0.15) is 44.0 Å². The van der Waals surface area contributed by atoms with Crippen LogP contribution in [0, 0.1) is 0 Å². The molecule has 0 spiro atoms. The Kier molecular flexibility index (Phi) is 7.38. The van der Waals surface area contributed by atoms with Gasteiger partial charge in [-0.05, 0) is 38.5 Å². The number of hydrogen-bond donors (Lipinski definition) is 1. The van der Waals surface area contributed by atoms with E-state index in [0.717, 1.165) is 12.8 Å². The van der Waals surface area contributed by atoms with Crippen molar-refractivity contribution in [2.75, 3.05) is 20.3 Å². The highest BCUT2D eigenvalue weighted by Gasteiger charge is 2.21. The molecule has 23 heavy (non-hydrogen) atoms. The van der Waals surface area contributed by atoms with Crippen molar-refractivity contribution in [1.82, 2.24) is 4.90 Å². The summed E-state index contributed by atoms with van der Waals surface area (Å²) in [7, 11) is 1.53. The third-order valence-electron chi connectivity index (χ3n) is 3.38. The summed E-state index contributed by atoms with van der Waals surface area (Å²) in [4.78, 5) is 25.2. The van der Waals surface area contributed by atoms with Gasteiger partial charge in [0.05, 0.1) is 20.3 Å². The van der Waals surface area contributed by atoms with Gasteiger partial charge >= 0.3 is 0 Å². The number of benzene rings is 1. The van der Waals surface area contributed by atoms with Crippen molar-refractivity contribution >= 4 is 11.8 Å². The number of nitrogens with zero attached hydrogens (tertiary/aromatic N) is 1. The van der Waals surface area contributed by atoms with Crippen LogP contribution in [0.15, 0.2) is 18.2 Å². The van der Waals surface area contributed by atoms with E-state index in [0.29, 0.717) is 23.7 Å². The summed E-state index contributed by atoms with van der Waals surface area (Å²) in [5, 5.41) is 0. The summed E-state index contributed by atoms with van der Waals surface area (Å²) in [6.07, 6.45) is 1.99. The van der Waals surface area contributed by atoms with E-state index in [1.54, 1.807) is 18.2 Å². The summed E-state index contributed by atoms with van der Waals surface area (Å²) < 4.78 is 11.0. The molecule has 0 aliphatic heterocycles. The van der Waals surface area contributed by atoms with Crippen LogP contribution in [0.4, 0.5) is 0 Å². The molecule has 0 aliphatic carbocycles. The van der Waals surface area contributed by atoms with E-state index in [4.69, 9.17) is 15.2 Å². The van der Waals surface area contributed by atoms with Crippen molar-refractivity contribution in [1.29, 1.82) is 0 Å².